The minimum Gasteiger partial charge on any atom is -0.486 e. The number of nitrogens with one attached hydrogen (secondary N) is 2. The average Bonchev–Trinajstić information content (AvgIpc) is 3.37. The molecule has 1 aliphatic carbocycles. The van der Waals surface area contributed by atoms with E-state index in [0.717, 1.165) is 37.4 Å². The van der Waals surface area contributed by atoms with Gasteiger partial charge in [-0.15, -0.1) is 0 Å². The van der Waals surface area contributed by atoms with Crippen LogP contribution < -0.4 is 20.1 Å². The summed E-state index contributed by atoms with van der Waals surface area (Å²) in [7, 11) is 0. The van der Waals surface area contributed by atoms with Crippen molar-refractivity contribution in [3.05, 3.63) is 23.8 Å². The van der Waals surface area contributed by atoms with Crippen molar-refractivity contribution in [3.63, 3.8) is 0 Å². The van der Waals surface area contributed by atoms with Gasteiger partial charge in [-0.05, 0) is 55.5 Å². The third-order valence-electron chi connectivity index (χ3n) is 5.23. The Bertz CT molecular complexity index is 604. The fourth-order valence-corrected chi connectivity index (χ4v) is 3.66. The van der Waals surface area contributed by atoms with Crippen LogP contribution in [0.2, 0.25) is 0 Å². The van der Waals surface area contributed by atoms with E-state index in [-0.39, 0.29) is 11.8 Å². The van der Waals surface area contributed by atoms with Gasteiger partial charge in [-0.2, -0.15) is 0 Å². The summed E-state index contributed by atoms with van der Waals surface area (Å²) < 4.78 is 11.2. The molecule has 2 N–H and O–H groups in total. The van der Waals surface area contributed by atoms with Crippen molar-refractivity contribution in [2.24, 2.45) is 11.8 Å². The zero-order chi connectivity index (χ0) is 15.8. The van der Waals surface area contributed by atoms with Gasteiger partial charge in [-0.1, -0.05) is 13.0 Å². The van der Waals surface area contributed by atoms with Gasteiger partial charge in [-0.25, -0.2) is 0 Å². The molecule has 2 heterocycles. The van der Waals surface area contributed by atoms with E-state index in [1.54, 1.807) is 0 Å². The zero-order valence-electron chi connectivity index (χ0n) is 13.5. The molecule has 2 aliphatic heterocycles. The second-order valence-corrected chi connectivity index (χ2v) is 6.94. The Kier molecular flexibility index (Phi) is 3.89. The number of piperidine rings is 1. The summed E-state index contributed by atoms with van der Waals surface area (Å²) in [5.41, 5.74) is 1.19. The van der Waals surface area contributed by atoms with E-state index in [4.69, 9.17) is 9.47 Å². The Morgan fingerprint density at radius 3 is 2.91 bits per heavy atom. The number of amides is 1. The molecule has 23 heavy (non-hydrogen) atoms. The molecule has 4 rings (SSSR count). The fraction of sp³-hybridized carbons (Fsp3) is 0.611. The largest absolute Gasteiger partial charge is 0.486 e. The molecule has 2 fully saturated rings. The molecule has 4 unspecified atom stereocenters. The van der Waals surface area contributed by atoms with E-state index >= 15 is 0 Å². The predicted octanol–water partition coefficient (Wildman–Crippen LogP) is 1.68. The number of fused-ring (bicyclic) bond motifs is 1. The van der Waals surface area contributed by atoms with Crippen molar-refractivity contribution >= 4 is 5.91 Å². The lowest BCUT2D eigenvalue weighted by molar-refractivity contribution is -0.123. The highest BCUT2D eigenvalue weighted by molar-refractivity contribution is 5.83. The summed E-state index contributed by atoms with van der Waals surface area (Å²) >= 11 is 0. The Labute approximate surface area is 136 Å². The van der Waals surface area contributed by atoms with Crippen molar-refractivity contribution < 1.29 is 14.3 Å². The first-order valence-corrected chi connectivity index (χ1v) is 8.63. The molecule has 1 aromatic carbocycles. The molecule has 124 valence electrons. The number of ether oxygens (including phenoxy) is 2. The molecule has 0 spiro atoms. The maximum Gasteiger partial charge on any atom is 0.223 e. The Balaban J connectivity index is 1.38. The molecule has 1 aromatic rings. The molecular weight excluding hydrogens is 292 g/mol. The standard InChI is InChI=1S/C18H24N2O3/c1-11-10-19-5-4-15(11)20-18(21)14-9-13(14)12-2-3-16-17(8-12)23-7-6-22-16/h2-3,8,11,13-15,19H,4-7,9-10H2,1H3,(H,20,21). The molecule has 4 atom stereocenters. The maximum absolute atomic E-state index is 12.5. The number of hydrogen-bond acceptors (Lipinski definition) is 4. The lowest BCUT2D eigenvalue weighted by atomic mass is 9.95. The third-order valence-corrected chi connectivity index (χ3v) is 5.23. The second-order valence-electron chi connectivity index (χ2n) is 6.94. The third kappa shape index (κ3) is 3.02. The van der Waals surface area contributed by atoms with Gasteiger partial charge in [0, 0.05) is 12.0 Å². The minimum atomic E-state index is 0.111. The van der Waals surface area contributed by atoms with Gasteiger partial charge in [0.1, 0.15) is 13.2 Å². The van der Waals surface area contributed by atoms with E-state index in [1.807, 2.05) is 12.1 Å². The highest BCUT2D eigenvalue weighted by Gasteiger charge is 2.45. The first-order valence-electron chi connectivity index (χ1n) is 8.63. The van der Waals surface area contributed by atoms with E-state index in [0.29, 0.717) is 31.1 Å². The summed E-state index contributed by atoms with van der Waals surface area (Å²) in [6.07, 6.45) is 1.96. The number of rotatable bonds is 3. The Hall–Kier alpha value is -1.75. The molecule has 0 aromatic heterocycles. The summed E-state index contributed by atoms with van der Waals surface area (Å²) in [5, 5.41) is 6.63. The molecule has 0 bridgehead atoms. The van der Waals surface area contributed by atoms with Gasteiger partial charge in [0.05, 0.1) is 0 Å². The number of hydrogen-bond donors (Lipinski definition) is 2. The van der Waals surface area contributed by atoms with Crippen LogP contribution in [-0.4, -0.2) is 38.3 Å². The minimum absolute atomic E-state index is 0.111. The van der Waals surface area contributed by atoms with E-state index in [2.05, 4.69) is 23.6 Å². The number of carbonyl (C=O) groups is 1. The molecule has 1 saturated heterocycles. The van der Waals surface area contributed by atoms with Crippen LogP contribution in [0.5, 0.6) is 11.5 Å². The number of benzene rings is 1. The lowest BCUT2D eigenvalue weighted by Gasteiger charge is -2.30. The van der Waals surface area contributed by atoms with Crippen molar-refractivity contribution in [2.45, 2.75) is 31.7 Å². The highest BCUT2D eigenvalue weighted by Crippen LogP contribution is 2.49. The van der Waals surface area contributed by atoms with E-state index in [9.17, 15) is 4.79 Å². The van der Waals surface area contributed by atoms with Gasteiger partial charge in [0.2, 0.25) is 5.91 Å². The predicted molar refractivity (Wildman–Crippen MR) is 86.9 cm³/mol. The Morgan fingerprint density at radius 2 is 2.09 bits per heavy atom. The van der Waals surface area contributed by atoms with Gasteiger partial charge in [0.25, 0.3) is 0 Å². The molecular formula is C18H24N2O3. The topological polar surface area (TPSA) is 59.6 Å². The van der Waals surface area contributed by atoms with Gasteiger partial charge >= 0.3 is 0 Å². The van der Waals surface area contributed by atoms with Crippen LogP contribution in [0.1, 0.15) is 31.2 Å². The van der Waals surface area contributed by atoms with Gasteiger partial charge < -0.3 is 20.1 Å². The number of carbonyl (C=O) groups excluding carboxylic acids is 1. The average molecular weight is 316 g/mol. The van der Waals surface area contributed by atoms with E-state index < -0.39 is 0 Å². The van der Waals surface area contributed by atoms with Crippen molar-refractivity contribution in [3.8, 4) is 11.5 Å². The summed E-state index contributed by atoms with van der Waals surface area (Å²) in [4.78, 5) is 12.5. The quantitative estimate of drug-likeness (QED) is 0.891. The smallest absolute Gasteiger partial charge is 0.223 e. The van der Waals surface area contributed by atoms with E-state index in [1.165, 1.54) is 5.56 Å². The van der Waals surface area contributed by atoms with Crippen LogP contribution in [0.4, 0.5) is 0 Å². The van der Waals surface area contributed by atoms with Crippen molar-refractivity contribution in [2.75, 3.05) is 26.3 Å². The molecule has 1 amide bonds. The molecule has 1 saturated carbocycles. The SMILES string of the molecule is CC1CNCCC1NC(=O)C1CC1c1ccc2c(c1)OCCO2. The molecule has 5 heteroatoms. The van der Waals surface area contributed by atoms with Gasteiger partial charge in [0.15, 0.2) is 11.5 Å². The van der Waals surface area contributed by atoms with Crippen LogP contribution in [0.15, 0.2) is 18.2 Å². The first-order chi connectivity index (χ1) is 11.2. The zero-order valence-corrected chi connectivity index (χ0v) is 13.5. The van der Waals surface area contributed by atoms with Gasteiger partial charge in [-0.3, -0.25) is 4.79 Å². The summed E-state index contributed by atoms with van der Waals surface area (Å²) in [5.74, 6) is 2.77. The van der Waals surface area contributed by atoms with Crippen LogP contribution in [0, 0.1) is 11.8 Å². The lowest BCUT2D eigenvalue weighted by Crippen LogP contribution is -2.48. The van der Waals surface area contributed by atoms with Crippen molar-refractivity contribution in [1.82, 2.24) is 10.6 Å². The normalized spacial score (nSPS) is 32.2. The molecule has 5 nitrogen and oxygen atoms in total. The second kappa shape index (κ2) is 6.04. The highest BCUT2D eigenvalue weighted by atomic mass is 16.6. The van der Waals surface area contributed by atoms with Crippen molar-refractivity contribution in [1.29, 1.82) is 0 Å². The first kappa shape index (κ1) is 14.8. The van der Waals surface area contributed by atoms with Crippen LogP contribution in [0.25, 0.3) is 0 Å². The fourth-order valence-electron chi connectivity index (χ4n) is 3.66. The van der Waals surface area contributed by atoms with Crippen LogP contribution >= 0.6 is 0 Å². The summed E-state index contributed by atoms with van der Waals surface area (Å²) in [6.45, 7) is 5.38. The monoisotopic (exact) mass is 316 g/mol. The molecule has 3 aliphatic rings. The van der Waals surface area contributed by atoms with Crippen LogP contribution in [-0.2, 0) is 4.79 Å². The van der Waals surface area contributed by atoms with Crippen LogP contribution in [0.3, 0.4) is 0 Å². The Morgan fingerprint density at radius 1 is 1.26 bits per heavy atom. The molecule has 0 radical (unpaired) electrons. The maximum atomic E-state index is 12.5. The summed E-state index contributed by atoms with van der Waals surface area (Å²) in [6, 6.07) is 6.38.